The third-order valence-corrected chi connectivity index (χ3v) is 7.04. The van der Waals surface area contributed by atoms with Crippen molar-refractivity contribution in [1.82, 2.24) is 15.2 Å². The van der Waals surface area contributed by atoms with Crippen molar-refractivity contribution in [3.63, 3.8) is 0 Å². The van der Waals surface area contributed by atoms with Gasteiger partial charge in [0.15, 0.2) is 10.8 Å². The molecule has 13 nitrogen and oxygen atoms in total. The van der Waals surface area contributed by atoms with Gasteiger partial charge in [-0.2, -0.15) is 0 Å². The van der Waals surface area contributed by atoms with E-state index in [1.807, 2.05) is 0 Å². The lowest BCUT2D eigenvalue weighted by Crippen LogP contribution is -2.71. The molecule has 36 heavy (non-hydrogen) atoms. The number of oxime groups is 1. The Labute approximate surface area is 218 Å². The van der Waals surface area contributed by atoms with E-state index in [1.54, 1.807) is 20.8 Å². The van der Waals surface area contributed by atoms with Gasteiger partial charge in [-0.1, -0.05) is 5.16 Å². The second kappa shape index (κ2) is 11.3. The highest BCUT2D eigenvalue weighted by molar-refractivity contribution is 8.00. The lowest BCUT2D eigenvalue weighted by atomic mass is 10.0. The van der Waals surface area contributed by atoms with Gasteiger partial charge in [0.05, 0.1) is 0 Å². The van der Waals surface area contributed by atoms with Crippen LogP contribution in [0.5, 0.6) is 0 Å². The van der Waals surface area contributed by atoms with Crippen LogP contribution in [0.15, 0.2) is 21.8 Å². The van der Waals surface area contributed by atoms with Crippen LogP contribution in [0.4, 0.5) is 5.13 Å². The van der Waals surface area contributed by atoms with Gasteiger partial charge in [0.1, 0.15) is 28.4 Å². The maximum Gasteiger partial charge on any atom is 0.352 e. The SMILES string of the molecule is CC(C)(C)OC(=O)CON=C(C(=O)NC1C(=O)N2C(C(=O)O)=C(CCl)CS[C@H]12)c1csc(NC=O)n1. The van der Waals surface area contributed by atoms with Gasteiger partial charge in [0.25, 0.3) is 11.8 Å². The molecule has 0 radical (unpaired) electrons. The smallest absolute Gasteiger partial charge is 0.352 e. The van der Waals surface area contributed by atoms with Gasteiger partial charge < -0.3 is 25.3 Å². The number of carboxylic acids is 1. The van der Waals surface area contributed by atoms with E-state index in [0.717, 1.165) is 16.2 Å². The zero-order chi connectivity index (χ0) is 26.6. The maximum atomic E-state index is 13.1. The van der Waals surface area contributed by atoms with E-state index >= 15 is 0 Å². The van der Waals surface area contributed by atoms with Gasteiger partial charge in [-0.3, -0.25) is 19.3 Å². The van der Waals surface area contributed by atoms with Crippen LogP contribution < -0.4 is 10.6 Å². The summed E-state index contributed by atoms with van der Waals surface area (Å²) in [4.78, 5) is 70.3. The summed E-state index contributed by atoms with van der Waals surface area (Å²) in [6, 6.07) is -1.05. The lowest BCUT2D eigenvalue weighted by molar-refractivity contribution is -0.160. The fourth-order valence-electron chi connectivity index (χ4n) is 3.22. The molecule has 1 unspecified atom stereocenters. The highest BCUT2D eigenvalue weighted by Gasteiger charge is 2.54. The average Bonchev–Trinajstić information content (AvgIpc) is 3.26. The third kappa shape index (κ3) is 6.14. The first-order chi connectivity index (χ1) is 17.0. The number of β-lactam (4-membered cyclic amide) rings is 1. The molecule has 0 saturated carbocycles. The van der Waals surface area contributed by atoms with Crippen molar-refractivity contribution in [2.45, 2.75) is 37.8 Å². The van der Waals surface area contributed by atoms with Crippen molar-refractivity contribution in [2.75, 3.05) is 23.6 Å². The first-order valence-corrected chi connectivity index (χ1v) is 12.8. The average molecular weight is 560 g/mol. The van der Waals surface area contributed by atoms with Crippen molar-refractivity contribution in [3.8, 4) is 0 Å². The van der Waals surface area contributed by atoms with E-state index in [9.17, 15) is 29.1 Å². The minimum Gasteiger partial charge on any atom is -0.477 e. The fraction of sp³-hybridized carbons (Fsp3) is 0.450. The molecule has 3 amide bonds. The number of anilines is 1. The molecule has 1 aromatic heterocycles. The number of halogens is 1. The van der Waals surface area contributed by atoms with Crippen molar-refractivity contribution >= 4 is 75.7 Å². The third-order valence-electron chi connectivity index (χ3n) is 4.60. The number of hydrogen-bond donors (Lipinski definition) is 3. The minimum absolute atomic E-state index is 0.0153. The molecule has 3 heterocycles. The molecule has 1 fully saturated rings. The van der Waals surface area contributed by atoms with Gasteiger partial charge in [-0.25, -0.2) is 14.6 Å². The standard InChI is InChI=1S/C20H22ClN5O8S2/c1-20(2,3)34-11(28)5-33-25-12(10-7-36-19(23-10)22-8-27)15(29)24-13-16(30)26-14(18(31)32)9(4-21)6-35-17(13)26/h7-8,13,17H,4-6H2,1-3H3,(H,24,29)(H,31,32)(H,22,23,27)/t13?,17-/m1/s1. The number of aliphatic carboxylic acids is 1. The van der Waals surface area contributed by atoms with Gasteiger partial charge >= 0.3 is 11.9 Å². The molecule has 2 aliphatic rings. The number of aromatic nitrogens is 1. The molecule has 0 aliphatic carbocycles. The van der Waals surface area contributed by atoms with Crippen LogP contribution in [0, 0.1) is 0 Å². The van der Waals surface area contributed by atoms with E-state index < -0.39 is 47.4 Å². The van der Waals surface area contributed by atoms with E-state index in [2.05, 4.69) is 20.8 Å². The number of amides is 3. The molecule has 2 atom stereocenters. The molecule has 1 saturated heterocycles. The predicted octanol–water partition coefficient (Wildman–Crippen LogP) is 0.751. The minimum atomic E-state index is -1.29. The Hall–Kier alpha value is -3.17. The van der Waals surface area contributed by atoms with Crippen LogP contribution in [0.2, 0.25) is 0 Å². The first-order valence-electron chi connectivity index (χ1n) is 10.3. The molecule has 3 rings (SSSR count). The Morgan fingerprint density at radius 3 is 2.72 bits per heavy atom. The summed E-state index contributed by atoms with van der Waals surface area (Å²) in [6.45, 7) is 4.42. The largest absolute Gasteiger partial charge is 0.477 e. The number of hydrogen-bond acceptors (Lipinski definition) is 11. The maximum absolute atomic E-state index is 13.1. The molecule has 0 spiro atoms. The number of carboxylic acid groups (broad SMARTS) is 1. The number of nitrogens with zero attached hydrogens (tertiary/aromatic N) is 3. The summed E-state index contributed by atoms with van der Waals surface area (Å²) in [6.07, 6.45) is 0.406. The summed E-state index contributed by atoms with van der Waals surface area (Å²) in [5, 5.41) is 19.0. The molecule has 194 valence electrons. The second-order valence-corrected chi connectivity index (χ2v) is 10.6. The number of fused-ring (bicyclic) bond motifs is 1. The zero-order valence-electron chi connectivity index (χ0n) is 19.3. The lowest BCUT2D eigenvalue weighted by Gasteiger charge is -2.49. The highest BCUT2D eigenvalue weighted by atomic mass is 35.5. The van der Waals surface area contributed by atoms with E-state index in [-0.39, 0.29) is 33.9 Å². The topological polar surface area (TPSA) is 177 Å². The summed E-state index contributed by atoms with van der Waals surface area (Å²) >= 11 is 8.09. The number of thioether (sulfide) groups is 1. The van der Waals surface area contributed by atoms with Crippen molar-refractivity contribution in [1.29, 1.82) is 0 Å². The number of alkyl halides is 1. The first kappa shape index (κ1) is 27.4. The molecule has 16 heteroatoms. The molecular weight excluding hydrogens is 538 g/mol. The number of carbonyl (C=O) groups excluding carboxylic acids is 4. The van der Waals surface area contributed by atoms with Crippen LogP contribution in [-0.2, 0) is 33.5 Å². The number of nitrogens with one attached hydrogen (secondary N) is 2. The fourth-order valence-corrected chi connectivity index (χ4v) is 5.55. The number of carbonyl (C=O) groups is 5. The van der Waals surface area contributed by atoms with Gasteiger partial charge in [0, 0.05) is 17.0 Å². The van der Waals surface area contributed by atoms with Gasteiger partial charge in [0.2, 0.25) is 13.0 Å². The summed E-state index contributed by atoms with van der Waals surface area (Å²) < 4.78 is 5.12. The van der Waals surface area contributed by atoms with Crippen LogP contribution in [0.3, 0.4) is 0 Å². The Morgan fingerprint density at radius 2 is 2.11 bits per heavy atom. The Kier molecular flexibility index (Phi) is 8.58. The number of esters is 1. The van der Waals surface area contributed by atoms with Crippen LogP contribution in [0.25, 0.3) is 0 Å². The highest BCUT2D eigenvalue weighted by Crippen LogP contribution is 2.40. The van der Waals surface area contributed by atoms with E-state index in [1.165, 1.54) is 17.1 Å². The van der Waals surface area contributed by atoms with Crippen LogP contribution >= 0.6 is 34.7 Å². The predicted molar refractivity (Wildman–Crippen MR) is 131 cm³/mol. The summed E-state index contributed by atoms with van der Waals surface area (Å²) in [5.41, 5.74) is -0.894. The van der Waals surface area contributed by atoms with Gasteiger partial charge in [-0.15, -0.1) is 34.7 Å². The zero-order valence-corrected chi connectivity index (χ0v) is 21.7. The quantitative estimate of drug-likeness (QED) is 0.0925. The van der Waals surface area contributed by atoms with E-state index in [0.29, 0.717) is 12.0 Å². The molecule has 2 aliphatic heterocycles. The molecule has 1 aromatic rings. The number of rotatable bonds is 10. The molecular formula is C20H22ClN5O8S2. The molecule has 3 N–H and O–H groups in total. The number of ether oxygens (including phenoxy) is 1. The van der Waals surface area contributed by atoms with Gasteiger partial charge in [-0.05, 0) is 26.3 Å². The Morgan fingerprint density at radius 1 is 1.39 bits per heavy atom. The van der Waals surface area contributed by atoms with E-state index in [4.69, 9.17) is 21.2 Å². The normalized spacial score (nSPS) is 19.7. The molecule has 0 aromatic carbocycles. The van der Waals surface area contributed by atoms with Crippen LogP contribution in [0.1, 0.15) is 26.5 Å². The Bertz CT molecular complexity index is 1150. The molecule has 0 bridgehead atoms. The van der Waals surface area contributed by atoms with Crippen LogP contribution in [-0.4, -0.2) is 86.1 Å². The summed E-state index contributed by atoms with van der Waals surface area (Å²) in [7, 11) is 0. The number of thiazole rings is 1. The van der Waals surface area contributed by atoms with Crippen molar-refractivity contribution in [3.05, 3.63) is 22.3 Å². The second-order valence-electron chi connectivity index (χ2n) is 8.35. The van der Waals surface area contributed by atoms with Crippen molar-refractivity contribution in [2.24, 2.45) is 5.16 Å². The monoisotopic (exact) mass is 559 g/mol. The Balaban J connectivity index is 1.78. The van der Waals surface area contributed by atoms with Crippen molar-refractivity contribution < 1.29 is 38.7 Å². The summed E-state index contributed by atoms with van der Waals surface area (Å²) in [5.74, 6) is -3.27.